The first-order chi connectivity index (χ1) is 13.0. The smallest absolute Gasteiger partial charge is 0.289 e. The van der Waals surface area contributed by atoms with Gasteiger partial charge in [0.05, 0.1) is 6.26 Å². The van der Waals surface area contributed by atoms with Gasteiger partial charge in [-0.2, -0.15) is 0 Å². The van der Waals surface area contributed by atoms with Crippen LogP contribution in [0.25, 0.3) is 0 Å². The predicted octanol–water partition coefficient (Wildman–Crippen LogP) is 2.51. The minimum absolute atomic E-state index is 0.0429. The highest BCUT2D eigenvalue weighted by atomic mass is 16.3. The van der Waals surface area contributed by atoms with Crippen molar-refractivity contribution in [1.29, 1.82) is 0 Å². The molecule has 0 unspecified atom stereocenters. The third-order valence-electron chi connectivity index (χ3n) is 4.87. The summed E-state index contributed by atoms with van der Waals surface area (Å²) in [6.45, 7) is 2.60. The fourth-order valence-electron chi connectivity index (χ4n) is 3.36. The van der Waals surface area contributed by atoms with Crippen molar-refractivity contribution in [2.75, 3.05) is 27.2 Å². The number of rotatable bonds is 6. The van der Waals surface area contributed by atoms with Crippen LogP contribution in [0.3, 0.4) is 0 Å². The lowest BCUT2D eigenvalue weighted by atomic mass is 9.95. The van der Waals surface area contributed by atoms with Crippen molar-refractivity contribution in [3.63, 3.8) is 0 Å². The molecular formula is C21H27N3O3. The van der Waals surface area contributed by atoms with Crippen LogP contribution in [0.4, 0.5) is 0 Å². The number of amides is 2. The highest BCUT2D eigenvalue weighted by molar-refractivity contribution is 5.91. The summed E-state index contributed by atoms with van der Waals surface area (Å²) < 4.78 is 5.17. The number of nitrogens with one attached hydrogen (secondary N) is 1. The van der Waals surface area contributed by atoms with Crippen molar-refractivity contribution >= 4 is 11.8 Å². The van der Waals surface area contributed by atoms with Gasteiger partial charge in [-0.05, 0) is 50.2 Å². The van der Waals surface area contributed by atoms with Crippen molar-refractivity contribution in [2.45, 2.75) is 25.9 Å². The van der Waals surface area contributed by atoms with Crippen molar-refractivity contribution in [3.8, 4) is 0 Å². The van der Waals surface area contributed by atoms with E-state index in [1.165, 1.54) is 11.8 Å². The van der Waals surface area contributed by atoms with Crippen LogP contribution in [-0.4, -0.2) is 48.8 Å². The van der Waals surface area contributed by atoms with Crippen LogP contribution >= 0.6 is 0 Å². The third-order valence-corrected chi connectivity index (χ3v) is 4.87. The highest BCUT2D eigenvalue weighted by Gasteiger charge is 2.28. The van der Waals surface area contributed by atoms with Crippen molar-refractivity contribution in [1.82, 2.24) is 15.1 Å². The van der Waals surface area contributed by atoms with Gasteiger partial charge >= 0.3 is 0 Å². The van der Waals surface area contributed by atoms with Crippen LogP contribution in [0.1, 0.15) is 34.5 Å². The zero-order chi connectivity index (χ0) is 19.2. The molecule has 1 saturated heterocycles. The molecule has 1 fully saturated rings. The Balaban J connectivity index is 1.43. The fraction of sp³-hybridized carbons (Fsp3) is 0.429. The minimum atomic E-state index is -0.100. The van der Waals surface area contributed by atoms with Crippen LogP contribution in [0, 0.1) is 5.92 Å². The lowest BCUT2D eigenvalue weighted by molar-refractivity contribution is -0.126. The van der Waals surface area contributed by atoms with E-state index in [-0.39, 0.29) is 17.7 Å². The molecule has 0 atom stereocenters. The number of carbonyl (C=O) groups is 2. The first-order valence-corrected chi connectivity index (χ1v) is 9.36. The molecule has 27 heavy (non-hydrogen) atoms. The van der Waals surface area contributed by atoms with Gasteiger partial charge < -0.3 is 19.5 Å². The summed E-state index contributed by atoms with van der Waals surface area (Å²) in [4.78, 5) is 28.6. The summed E-state index contributed by atoms with van der Waals surface area (Å²) in [5, 5.41) is 3.03. The van der Waals surface area contributed by atoms with Crippen LogP contribution in [0.5, 0.6) is 0 Å². The summed E-state index contributed by atoms with van der Waals surface area (Å²) in [5.41, 5.74) is 2.35. The average molecular weight is 369 g/mol. The summed E-state index contributed by atoms with van der Waals surface area (Å²) in [6.07, 6.45) is 2.86. The molecule has 1 aromatic heterocycles. The number of likely N-dealkylation sites (tertiary alicyclic amines) is 1. The van der Waals surface area contributed by atoms with Gasteiger partial charge in [0, 0.05) is 32.1 Å². The molecule has 1 aliphatic heterocycles. The normalized spacial score (nSPS) is 15.1. The molecule has 0 aliphatic carbocycles. The third kappa shape index (κ3) is 5.20. The van der Waals surface area contributed by atoms with E-state index in [2.05, 4.69) is 34.5 Å². The first kappa shape index (κ1) is 19.2. The molecule has 0 saturated carbocycles. The maximum Gasteiger partial charge on any atom is 0.289 e. The summed E-state index contributed by atoms with van der Waals surface area (Å²) in [5.74, 6) is 0.281. The van der Waals surface area contributed by atoms with Gasteiger partial charge in [0.15, 0.2) is 5.76 Å². The average Bonchev–Trinajstić information content (AvgIpc) is 3.21. The molecule has 0 radical (unpaired) electrons. The topological polar surface area (TPSA) is 65.8 Å². The van der Waals surface area contributed by atoms with E-state index in [9.17, 15) is 9.59 Å². The SMILES string of the molecule is CN(C)Cc1ccc(CNC(=O)C2CCN(C(=O)c3ccco3)CC2)cc1. The Morgan fingerprint density at radius 2 is 1.78 bits per heavy atom. The quantitative estimate of drug-likeness (QED) is 0.850. The molecule has 2 heterocycles. The molecule has 1 aliphatic rings. The lowest BCUT2D eigenvalue weighted by Gasteiger charge is -2.30. The van der Waals surface area contributed by atoms with E-state index in [0.717, 1.165) is 12.1 Å². The molecule has 1 N–H and O–H groups in total. The number of hydrogen-bond acceptors (Lipinski definition) is 4. The van der Waals surface area contributed by atoms with Crippen molar-refractivity contribution in [3.05, 3.63) is 59.5 Å². The van der Waals surface area contributed by atoms with E-state index in [0.29, 0.717) is 38.2 Å². The van der Waals surface area contributed by atoms with Crippen LogP contribution < -0.4 is 5.32 Å². The minimum Gasteiger partial charge on any atom is -0.459 e. The zero-order valence-electron chi connectivity index (χ0n) is 16.0. The molecule has 0 bridgehead atoms. The van der Waals surface area contributed by atoms with Crippen LogP contribution in [-0.2, 0) is 17.9 Å². The van der Waals surface area contributed by atoms with E-state index in [1.54, 1.807) is 17.0 Å². The summed E-state index contributed by atoms with van der Waals surface area (Å²) in [6, 6.07) is 11.7. The second-order valence-electron chi connectivity index (χ2n) is 7.32. The number of piperidine rings is 1. The second kappa shape index (κ2) is 8.86. The molecule has 2 amide bonds. The lowest BCUT2D eigenvalue weighted by Crippen LogP contribution is -2.42. The first-order valence-electron chi connectivity index (χ1n) is 9.36. The molecule has 0 spiro atoms. The predicted molar refractivity (Wildman–Crippen MR) is 103 cm³/mol. The molecule has 6 heteroatoms. The van der Waals surface area contributed by atoms with Gasteiger partial charge in [-0.25, -0.2) is 0 Å². The Hall–Kier alpha value is -2.60. The largest absolute Gasteiger partial charge is 0.459 e. The monoisotopic (exact) mass is 369 g/mol. The van der Waals surface area contributed by atoms with Crippen molar-refractivity contribution < 1.29 is 14.0 Å². The van der Waals surface area contributed by atoms with Gasteiger partial charge in [-0.3, -0.25) is 9.59 Å². The Morgan fingerprint density at radius 3 is 2.37 bits per heavy atom. The van der Waals surface area contributed by atoms with Gasteiger partial charge in [0.2, 0.25) is 5.91 Å². The van der Waals surface area contributed by atoms with Gasteiger partial charge in [0.1, 0.15) is 0 Å². The fourth-order valence-corrected chi connectivity index (χ4v) is 3.36. The Bertz CT molecular complexity index is 745. The van der Waals surface area contributed by atoms with E-state index < -0.39 is 0 Å². The number of nitrogens with zero attached hydrogens (tertiary/aromatic N) is 2. The standard InChI is InChI=1S/C21H27N3O3/c1-23(2)15-17-7-5-16(6-8-17)14-22-20(25)18-9-11-24(12-10-18)21(26)19-4-3-13-27-19/h3-8,13,18H,9-12,14-15H2,1-2H3,(H,22,25). The molecule has 144 valence electrons. The highest BCUT2D eigenvalue weighted by Crippen LogP contribution is 2.19. The number of hydrogen-bond donors (Lipinski definition) is 1. The van der Waals surface area contributed by atoms with Gasteiger partial charge in [-0.15, -0.1) is 0 Å². The number of carbonyl (C=O) groups excluding carboxylic acids is 2. The van der Waals surface area contributed by atoms with Crippen molar-refractivity contribution in [2.24, 2.45) is 5.92 Å². The van der Waals surface area contributed by atoms with Gasteiger partial charge in [0.25, 0.3) is 5.91 Å². The summed E-state index contributed by atoms with van der Waals surface area (Å²) in [7, 11) is 4.09. The Labute approximate surface area is 160 Å². The van der Waals surface area contributed by atoms with E-state index >= 15 is 0 Å². The Kier molecular flexibility index (Phi) is 6.29. The van der Waals surface area contributed by atoms with Gasteiger partial charge in [-0.1, -0.05) is 24.3 Å². The maximum absolute atomic E-state index is 12.4. The van der Waals surface area contributed by atoms with Crippen LogP contribution in [0.2, 0.25) is 0 Å². The Morgan fingerprint density at radius 1 is 1.11 bits per heavy atom. The van der Waals surface area contributed by atoms with E-state index in [4.69, 9.17) is 4.42 Å². The number of furan rings is 1. The number of benzene rings is 1. The molecule has 3 rings (SSSR count). The zero-order valence-corrected chi connectivity index (χ0v) is 16.0. The molecule has 1 aromatic carbocycles. The van der Waals surface area contributed by atoms with E-state index in [1.807, 2.05) is 14.1 Å². The molecular weight excluding hydrogens is 342 g/mol. The summed E-state index contributed by atoms with van der Waals surface area (Å²) >= 11 is 0. The maximum atomic E-state index is 12.4. The molecule has 6 nitrogen and oxygen atoms in total. The van der Waals surface area contributed by atoms with Crippen LogP contribution in [0.15, 0.2) is 47.1 Å². The second-order valence-corrected chi connectivity index (χ2v) is 7.32. The molecule has 2 aromatic rings.